The van der Waals surface area contributed by atoms with E-state index in [0.717, 1.165) is 44.4 Å². The van der Waals surface area contributed by atoms with Crippen LogP contribution in [-0.2, 0) is 11.3 Å². The fourth-order valence-corrected chi connectivity index (χ4v) is 2.21. The minimum absolute atomic E-state index is 0.0772. The van der Waals surface area contributed by atoms with E-state index in [1.54, 1.807) is 0 Å². The van der Waals surface area contributed by atoms with Crippen LogP contribution in [0, 0.1) is 11.6 Å². The Morgan fingerprint density at radius 3 is 2.89 bits per heavy atom. The fourth-order valence-electron chi connectivity index (χ4n) is 2.21. The molecule has 2 N–H and O–H groups in total. The van der Waals surface area contributed by atoms with E-state index in [9.17, 15) is 13.6 Å². The van der Waals surface area contributed by atoms with Gasteiger partial charge in [0, 0.05) is 6.54 Å². The molecule has 1 aliphatic heterocycles. The normalized spacial score (nSPS) is 19.8. The summed E-state index contributed by atoms with van der Waals surface area (Å²) >= 11 is 0. The fraction of sp³-hybridized carbons (Fsp3) is 0.500. The maximum absolute atomic E-state index is 13.0. The molecule has 1 saturated heterocycles. The van der Waals surface area contributed by atoms with Crippen LogP contribution in [-0.4, -0.2) is 18.5 Å². The second-order valence-electron chi connectivity index (χ2n) is 4.82. The van der Waals surface area contributed by atoms with Gasteiger partial charge in [0.2, 0.25) is 5.91 Å². The largest absolute Gasteiger partial charge is 0.351 e. The highest BCUT2D eigenvalue weighted by Gasteiger charge is 2.18. The molecule has 19 heavy (non-hydrogen) atoms. The van der Waals surface area contributed by atoms with Crippen molar-refractivity contribution in [2.45, 2.75) is 38.3 Å². The standard InChI is InChI=1S/C14H18F2N2O/c15-11-6-5-10(8-12(11)16)9-18-14(19)13-4-2-1-3-7-17-13/h5-6,8,13,17H,1-4,7,9H2,(H,18,19). The van der Waals surface area contributed by atoms with Gasteiger partial charge in [0.15, 0.2) is 11.6 Å². The minimum Gasteiger partial charge on any atom is -0.351 e. The van der Waals surface area contributed by atoms with Crippen LogP contribution in [0.3, 0.4) is 0 Å². The zero-order chi connectivity index (χ0) is 13.7. The van der Waals surface area contributed by atoms with E-state index in [0.29, 0.717) is 5.56 Å². The van der Waals surface area contributed by atoms with Gasteiger partial charge in [-0.1, -0.05) is 18.9 Å². The molecule has 0 aromatic heterocycles. The molecule has 1 atom stereocenters. The maximum atomic E-state index is 13.0. The summed E-state index contributed by atoms with van der Waals surface area (Å²) in [6.07, 6.45) is 4.09. The zero-order valence-corrected chi connectivity index (χ0v) is 10.7. The maximum Gasteiger partial charge on any atom is 0.237 e. The van der Waals surface area contributed by atoms with E-state index in [-0.39, 0.29) is 18.5 Å². The van der Waals surface area contributed by atoms with Gasteiger partial charge in [0.25, 0.3) is 0 Å². The van der Waals surface area contributed by atoms with Crippen molar-refractivity contribution in [1.29, 1.82) is 0 Å². The lowest BCUT2D eigenvalue weighted by molar-refractivity contribution is -0.123. The summed E-state index contributed by atoms with van der Waals surface area (Å²) in [4.78, 5) is 11.9. The van der Waals surface area contributed by atoms with E-state index >= 15 is 0 Å². The van der Waals surface area contributed by atoms with Crippen LogP contribution < -0.4 is 10.6 Å². The highest BCUT2D eigenvalue weighted by molar-refractivity contribution is 5.81. The van der Waals surface area contributed by atoms with Crippen molar-refractivity contribution in [1.82, 2.24) is 10.6 Å². The quantitative estimate of drug-likeness (QED) is 0.881. The first-order valence-corrected chi connectivity index (χ1v) is 6.62. The number of amides is 1. The molecule has 0 bridgehead atoms. The molecule has 1 aromatic rings. The number of rotatable bonds is 3. The summed E-state index contributed by atoms with van der Waals surface area (Å²) in [7, 11) is 0. The number of carbonyl (C=O) groups is 1. The summed E-state index contributed by atoms with van der Waals surface area (Å²) in [6.45, 7) is 1.07. The van der Waals surface area contributed by atoms with Crippen LogP contribution >= 0.6 is 0 Å². The molecule has 3 nitrogen and oxygen atoms in total. The van der Waals surface area contributed by atoms with Gasteiger partial charge < -0.3 is 10.6 Å². The molecule has 0 saturated carbocycles. The zero-order valence-electron chi connectivity index (χ0n) is 10.7. The highest BCUT2D eigenvalue weighted by atomic mass is 19.2. The molecule has 1 fully saturated rings. The SMILES string of the molecule is O=C(NCc1ccc(F)c(F)c1)C1CCCCCN1. The van der Waals surface area contributed by atoms with Crippen molar-refractivity contribution in [3.63, 3.8) is 0 Å². The Morgan fingerprint density at radius 2 is 2.11 bits per heavy atom. The summed E-state index contributed by atoms with van der Waals surface area (Å²) < 4.78 is 25.8. The number of nitrogens with one attached hydrogen (secondary N) is 2. The Balaban J connectivity index is 1.86. The summed E-state index contributed by atoms with van der Waals surface area (Å²) in [6, 6.07) is 3.48. The van der Waals surface area contributed by atoms with E-state index in [2.05, 4.69) is 10.6 Å². The Morgan fingerprint density at radius 1 is 1.26 bits per heavy atom. The van der Waals surface area contributed by atoms with Crippen LogP contribution in [0.4, 0.5) is 8.78 Å². The summed E-state index contributed by atoms with van der Waals surface area (Å²) in [5.74, 6) is -1.84. The lowest BCUT2D eigenvalue weighted by Gasteiger charge is -2.15. The predicted octanol–water partition coefficient (Wildman–Crippen LogP) is 2.11. The van der Waals surface area contributed by atoms with Gasteiger partial charge >= 0.3 is 0 Å². The second-order valence-corrected chi connectivity index (χ2v) is 4.82. The van der Waals surface area contributed by atoms with Crippen molar-refractivity contribution < 1.29 is 13.6 Å². The molecule has 1 aliphatic rings. The highest BCUT2D eigenvalue weighted by Crippen LogP contribution is 2.10. The molecular formula is C14H18F2N2O. The van der Waals surface area contributed by atoms with E-state index in [1.165, 1.54) is 6.07 Å². The van der Waals surface area contributed by atoms with Crippen molar-refractivity contribution >= 4 is 5.91 Å². The molecule has 0 radical (unpaired) electrons. The van der Waals surface area contributed by atoms with Crippen LogP contribution in [0.15, 0.2) is 18.2 Å². The number of hydrogen-bond donors (Lipinski definition) is 2. The van der Waals surface area contributed by atoms with E-state index in [4.69, 9.17) is 0 Å². The first-order valence-electron chi connectivity index (χ1n) is 6.62. The first-order chi connectivity index (χ1) is 9.16. The van der Waals surface area contributed by atoms with Gasteiger partial charge in [-0.2, -0.15) is 0 Å². The van der Waals surface area contributed by atoms with Gasteiger partial charge in [0.05, 0.1) is 6.04 Å². The second kappa shape index (κ2) is 6.61. The van der Waals surface area contributed by atoms with E-state index < -0.39 is 11.6 Å². The van der Waals surface area contributed by atoms with Gasteiger partial charge in [-0.3, -0.25) is 4.79 Å². The Kier molecular flexibility index (Phi) is 4.85. The van der Waals surface area contributed by atoms with Crippen LogP contribution in [0.5, 0.6) is 0 Å². The summed E-state index contributed by atoms with van der Waals surface area (Å²) in [5, 5.41) is 5.94. The lowest BCUT2D eigenvalue weighted by atomic mass is 10.1. The predicted molar refractivity (Wildman–Crippen MR) is 68.5 cm³/mol. The van der Waals surface area contributed by atoms with Crippen molar-refractivity contribution in [3.05, 3.63) is 35.4 Å². The average molecular weight is 268 g/mol. The molecular weight excluding hydrogens is 250 g/mol. The summed E-state index contributed by atoms with van der Waals surface area (Å²) in [5.41, 5.74) is 0.556. The molecule has 1 unspecified atom stereocenters. The molecule has 1 amide bonds. The van der Waals surface area contributed by atoms with Crippen LogP contribution in [0.25, 0.3) is 0 Å². The average Bonchev–Trinajstić information content (AvgIpc) is 2.69. The van der Waals surface area contributed by atoms with Gasteiger partial charge in [-0.25, -0.2) is 8.78 Å². The Bertz CT molecular complexity index is 443. The van der Waals surface area contributed by atoms with E-state index in [1.807, 2.05) is 0 Å². The third-order valence-electron chi connectivity index (χ3n) is 3.33. The molecule has 0 spiro atoms. The van der Waals surface area contributed by atoms with Gasteiger partial charge in [-0.05, 0) is 37.1 Å². The van der Waals surface area contributed by atoms with Crippen LogP contribution in [0.2, 0.25) is 0 Å². The lowest BCUT2D eigenvalue weighted by Crippen LogP contribution is -2.43. The van der Waals surface area contributed by atoms with Crippen LogP contribution in [0.1, 0.15) is 31.2 Å². The van der Waals surface area contributed by atoms with Gasteiger partial charge in [-0.15, -0.1) is 0 Å². The number of hydrogen-bond acceptors (Lipinski definition) is 2. The van der Waals surface area contributed by atoms with Crippen molar-refractivity contribution in [3.8, 4) is 0 Å². The minimum atomic E-state index is -0.889. The molecule has 104 valence electrons. The first kappa shape index (κ1) is 13.9. The molecule has 1 heterocycles. The Labute approximate surface area is 111 Å². The smallest absolute Gasteiger partial charge is 0.237 e. The molecule has 0 aliphatic carbocycles. The van der Waals surface area contributed by atoms with Gasteiger partial charge in [0.1, 0.15) is 0 Å². The monoisotopic (exact) mass is 268 g/mol. The number of carbonyl (C=O) groups excluding carboxylic acids is 1. The number of benzene rings is 1. The number of halogens is 2. The molecule has 5 heteroatoms. The topological polar surface area (TPSA) is 41.1 Å². The third-order valence-corrected chi connectivity index (χ3v) is 3.33. The molecule has 2 rings (SSSR count). The Hall–Kier alpha value is -1.49. The molecule has 1 aromatic carbocycles. The third kappa shape index (κ3) is 3.99. The van der Waals surface area contributed by atoms with Crippen molar-refractivity contribution in [2.75, 3.05) is 6.54 Å². The van der Waals surface area contributed by atoms with Crippen molar-refractivity contribution in [2.24, 2.45) is 0 Å².